The van der Waals surface area contributed by atoms with E-state index in [1.807, 2.05) is 37.1 Å². The van der Waals surface area contributed by atoms with Gasteiger partial charge in [0.15, 0.2) is 6.17 Å². The molecule has 0 amide bonds. The standard InChI is InChI=1S/C19H20FN7O2/c1-11-9-27-18(23-24-19(27)28)22-17(11)26-6-5-16(14(20)10-26)29-13-3-4-15-12(7-13)8-21-25(15)2/h3-4,7-9,14,16H,5-6,10H2,1-2H3,(H,24,28)/t14-,16?/m0/s1. The van der Waals surface area contributed by atoms with Gasteiger partial charge in [0.05, 0.1) is 18.3 Å². The first-order valence-corrected chi connectivity index (χ1v) is 9.41. The highest BCUT2D eigenvalue weighted by atomic mass is 19.1. The van der Waals surface area contributed by atoms with Gasteiger partial charge in [-0.15, -0.1) is 5.10 Å². The number of hydrogen-bond acceptors (Lipinski definition) is 6. The van der Waals surface area contributed by atoms with Gasteiger partial charge in [0.1, 0.15) is 17.7 Å². The predicted octanol–water partition coefficient (Wildman–Crippen LogP) is 1.61. The lowest BCUT2D eigenvalue weighted by Crippen LogP contribution is -2.47. The minimum Gasteiger partial charge on any atom is -0.487 e. The van der Waals surface area contributed by atoms with Crippen LogP contribution in [-0.4, -0.2) is 54.7 Å². The maximum absolute atomic E-state index is 14.9. The zero-order chi connectivity index (χ0) is 20.1. The molecule has 1 aromatic carbocycles. The molecule has 0 spiro atoms. The molecule has 1 aliphatic heterocycles. The normalized spacial score (nSPS) is 19.9. The Morgan fingerprint density at radius 2 is 2.21 bits per heavy atom. The van der Waals surface area contributed by atoms with Crippen LogP contribution in [-0.2, 0) is 7.05 Å². The van der Waals surface area contributed by atoms with E-state index in [0.717, 1.165) is 16.5 Å². The van der Waals surface area contributed by atoms with Gasteiger partial charge in [0.25, 0.3) is 5.78 Å². The van der Waals surface area contributed by atoms with Gasteiger partial charge in [-0.05, 0) is 25.1 Å². The first-order chi connectivity index (χ1) is 14.0. The van der Waals surface area contributed by atoms with E-state index in [2.05, 4.69) is 20.3 Å². The fourth-order valence-corrected chi connectivity index (χ4v) is 3.84. The zero-order valence-corrected chi connectivity index (χ0v) is 16.0. The minimum atomic E-state index is -1.17. The molecule has 29 heavy (non-hydrogen) atoms. The van der Waals surface area contributed by atoms with Crippen LogP contribution in [0.5, 0.6) is 5.75 Å². The summed E-state index contributed by atoms with van der Waals surface area (Å²) < 4.78 is 24.0. The summed E-state index contributed by atoms with van der Waals surface area (Å²) in [6.07, 6.45) is 2.25. The van der Waals surface area contributed by atoms with E-state index < -0.39 is 12.3 Å². The molecule has 10 heteroatoms. The van der Waals surface area contributed by atoms with Crippen molar-refractivity contribution in [1.82, 2.24) is 29.4 Å². The lowest BCUT2D eigenvalue weighted by molar-refractivity contribution is 0.0820. The van der Waals surface area contributed by atoms with E-state index in [4.69, 9.17) is 4.74 Å². The van der Waals surface area contributed by atoms with Crippen LogP contribution < -0.4 is 15.3 Å². The van der Waals surface area contributed by atoms with Crippen molar-refractivity contribution in [2.24, 2.45) is 7.05 Å². The number of aryl methyl sites for hydroxylation is 2. The molecule has 3 aromatic heterocycles. The number of aromatic nitrogens is 6. The summed E-state index contributed by atoms with van der Waals surface area (Å²) >= 11 is 0. The zero-order valence-electron chi connectivity index (χ0n) is 16.0. The fraction of sp³-hybridized carbons (Fsp3) is 0.368. The Labute approximate surface area is 164 Å². The Morgan fingerprint density at radius 3 is 3.03 bits per heavy atom. The lowest BCUT2D eigenvalue weighted by Gasteiger charge is -2.36. The summed E-state index contributed by atoms with van der Waals surface area (Å²) in [6.45, 7) is 2.61. The molecular formula is C19H20FN7O2. The molecule has 2 atom stereocenters. The molecule has 1 aliphatic rings. The second-order valence-electron chi connectivity index (χ2n) is 7.34. The van der Waals surface area contributed by atoms with E-state index in [1.165, 1.54) is 4.40 Å². The van der Waals surface area contributed by atoms with E-state index in [-0.39, 0.29) is 18.0 Å². The monoisotopic (exact) mass is 397 g/mol. The highest BCUT2D eigenvalue weighted by molar-refractivity contribution is 5.80. The highest BCUT2D eigenvalue weighted by Crippen LogP contribution is 2.27. The van der Waals surface area contributed by atoms with Crippen LogP contribution >= 0.6 is 0 Å². The Morgan fingerprint density at radius 1 is 1.34 bits per heavy atom. The number of alkyl halides is 1. The van der Waals surface area contributed by atoms with Crippen LogP contribution in [0, 0.1) is 6.92 Å². The Kier molecular flexibility index (Phi) is 4.00. The number of ether oxygens (including phenoxy) is 1. The number of nitrogens with zero attached hydrogens (tertiary/aromatic N) is 6. The van der Waals surface area contributed by atoms with Gasteiger partial charge in [-0.2, -0.15) is 10.1 Å². The summed E-state index contributed by atoms with van der Waals surface area (Å²) in [7, 11) is 1.88. The van der Waals surface area contributed by atoms with E-state index >= 15 is 0 Å². The number of nitrogens with one attached hydrogen (secondary N) is 1. The average molecular weight is 397 g/mol. The molecule has 150 valence electrons. The van der Waals surface area contributed by atoms with Crippen molar-refractivity contribution in [1.29, 1.82) is 0 Å². The minimum absolute atomic E-state index is 0.165. The van der Waals surface area contributed by atoms with Gasteiger partial charge < -0.3 is 9.64 Å². The Balaban J connectivity index is 1.33. The summed E-state index contributed by atoms with van der Waals surface area (Å²) in [5.74, 6) is 1.54. The number of anilines is 1. The van der Waals surface area contributed by atoms with Gasteiger partial charge in [-0.1, -0.05) is 0 Å². The van der Waals surface area contributed by atoms with Crippen LogP contribution in [0.3, 0.4) is 0 Å². The Hall–Kier alpha value is -3.43. The molecule has 0 aliphatic carbocycles. The van der Waals surface area contributed by atoms with E-state index in [9.17, 15) is 9.18 Å². The number of halogens is 1. The van der Waals surface area contributed by atoms with Gasteiger partial charge >= 0.3 is 5.69 Å². The molecule has 9 nitrogen and oxygen atoms in total. The SMILES string of the molecule is Cc1cn2c(=O)[nH]nc2nc1N1CCC(Oc2ccc3c(cnn3C)c2)[C@@H](F)C1. The van der Waals surface area contributed by atoms with Crippen LogP contribution in [0.25, 0.3) is 16.7 Å². The molecule has 4 heterocycles. The molecule has 1 fully saturated rings. The fourth-order valence-electron chi connectivity index (χ4n) is 3.84. The molecule has 1 N–H and O–H groups in total. The number of hydrogen-bond donors (Lipinski definition) is 1. The smallest absolute Gasteiger partial charge is 0.348 e. The predicted molar refractivity (Wildman–Crippen MR) is 105 cm³/mol. The van der Waals surface area contributed by atoms with Crippen molar-refractivity contribution >= 4 is 22.5 Å². The first-order valence-electron chi connectivity index (χ1n) is 9.41. The number of benzene rings is 1. The third-order valence-corrected chi connectivity index (χ3v) is 5.35. The number of aromatic amines is 1. The summed E-state index contributed by atoms with van der Waals surface area (Å²) in [5.41, 5.74) is 1.44. The largest absolute Gasteiger partial charge is 0.487 e. The molecule has 0 radical (unpaired) electrons. The van der Waals surface area contributed by atoms with Gasteiger partial charge in [-0.25, -0.2) is 18.7 Å². The van der Waals surface area contributed by atoms with Crippen molar-refractivity contribution in [2.45, 2.75) is 25.6 Å². The first kappa shape index (κ1) is 17.7. The van der Waals surface area contributed by atoms with E-state index in [0.29, 0.717) is 24.5 Å². The Bertz CT molecular complexity index is 1260. The van der Waals surface area contributed by atoms with Crippen LogP contribution in [0.4, 0.5) is 10.2 Å². The van der Waals surface area contributed by atoms with Crippen LogP contribution in [0.1, 0.15) is 12.0 Å². The van der Waals surface area contributed by atoms with Gasteiger partial charge in [0.2, 0.25) is 0 Å². The third-order valence-electron chi connectivity index (χ3n) is 5.35. The highest BCUT2D eigenvalue weighted by Gasteiger charge is 2.32. The molecule has 1 saturated heterocycles. The van der Waals surface area contributed by atoms with Crippen molar-refractivity contribution in [2.75, 3.05) is 18.0 Å². The van der Waals surface area contributed by atoms with Crippen molar-refractivity contribution in [3.63, 3.8) is 0 Å². The third kappa shape index (κ3) is 3.00. The second kappa shape index (κ2) is 6.57. The van der Waals surface area contributed by atoms with Crippen molar-refractivity contribution in [3.05, 3.63) is 46.6 Å². The quantitative estimate of drug-likeness (QED) is 0.565. The van der Waals surface area contributed by atoms with Crippen LogP contribution in [0.2, 0.25) is 0 Å². The molecule has 0 saturated carbocycles. The maximum Gasteiger partial charge on any atom is 0.348 e. The lowest BCUT2D eigenvalue weighted by atomic mass is 10.1. The second-order valence-corrected chi connectivity index (χ2v) is 7.34. The molecule has 4 aromatic rings. The number of fused-ring (bicyclic) bond motifs is 2. The number of rotatable bonds is 3. The summed E-state index contributed by atoms with van der Waals surface area (Å²) in [6, 6.07) is 5.66. The molecule has 5 rings (SSSR count). The average Bonchev–Trinajstić information content (AvgIpc) is 3.25. The molecule has 1 unspecified atom stereocenters. The summed E-state index contributed by atoms with van der Waals surface area (Å²) in [4.78, 5) is 18.0. The van der Waals surface area contributed by atoms with Crippen LogP contribution in [0.15, 0.2) is 35.4 Å². The van der Waals surface area contributed by atoms with E-state index in [1.54, 1.807) is 17.1 Å². The summed E-state index contributed by atoms with van der Waals surface area (Å²) in [5, 5.41) is 11.4. The van der Waals surface area contributed by atoms with Gasteiger partial charge in [0, 0.05) is 37.2 Å². The molecule has 0 bridgehead atoms. The maximum atomic E-state index is 14.9. The number of piperidine rings is 1. The van der Waals surface area contributed by atoms with Crippen molar-refractivity contribution in [3.8, 4) is 5.75 Å². The van der Waals surface area contributed by atoms with Gasteiger partial charge in [-0.3, -0.25) is 4.68 Å². The van der Waals surface area contributed by atoms with Crippen molar-refractivity contribution < 1.29 is 9.13 Å². The molecular weight excluding hydrogens is 377 g/mol. The topological polar surface area (TPSA) is 93.3 Å². The number of H-pyrrole nitrogens is 1.